The first-order valence-corrected chi connectivity index (χ1v) is 4.90. The van der Waals surface area contributed by atoms with Crippen molar-refractivity contribution in [2.24, 2.45) is 0 Å². The zero-order valence-electron chi connectivity index (χ0n) is 9.47. The van der Waals surface area contributed by atoms with Crippen LogP contribution in [0.4, 0.5) is 0 Å². The average molecular weight is 217 g/mol. The fourth-order valence-corrected chi connectivity index (χ4v) is 1.14. The quantitative estimate of drug-likeness (QED) is 0.617. The van der Waals surface area contributed by atoms with Crippen molar-refractivity contribution < 1.29 is 4.79 Å². The molecule has 0 fully saturated rings. The Morgan fingerprint density at radius 3 is 2.81 bits per heavy atom. The molecular weight excluding hydrogens is 202 g/mol. The van der Waals surface area contributed by atoms with Gasteiger partial charge in [-0.25, -0.2) is 4.98 Å². The van der Waals surface area contributed by atoms with Crippen LogP contribution in [-0.4, -0.2) is 22.5 Å². The van der Waals surface area contributed by atoms with Crippen LogP contribution in [0.3, 0.4) is 0 Å². The Morgan fingerprint density at radius 2 is 2.31 bits per heavy atom. The second kappa shape index (κ2) is 5.70. The molecule has 0 aliphatic carbocycles. The highest BCUT2D eigenvalue weighted by atomic mass is 16.2. The largest absolute Gasteiger partial charge is 0.392 e. The van der Waals surface area contributed by atoms with Crippen LogP contribution in [0.15, 0.2) is 54.8 Å². The Kier molecular flexibility index (Phi) is 4.27. The molecule has 0 amide bonds. The minimum atomic E-state index is -0.132. The Labute approximate surface area is 95.0 Å². The molecule has 0 bridgehead atoms. The molecule has 0 aromatic carbocycles. The molecule has 0 aliphatic rings. The van der Waals surface area contributed by atoms with Crippen LogP contribution >= 0.6 is 0 Å². The summed E-state index contributed by atoms with van der Waals surface area (Å²) in [4.78, 5) is 15.8. The van der Waals surface area contributed by atoms with Crippen LogP contribution in [0, 0.1) is 0 Å². The van der Waals surface area contributed by atoms with Gasteiger partial charge >= 0.3 is 0 Å². The Balaban J connectivity index is 3.01. The van der Waals surface area contributed by atoms with Gasteiger partial charge in [0.15, 0.2) is 0 Å². The van der Waals surface area contributed by atoms with Crippen LogP contribution in [0.2, 0.25) is 0 Å². The van der Waals surface area contributed by atoms with Gasteiger partial charge < -0.3 is 5.32 Å². The molecule has 0 atom stereocenters. The molecule has 4 heteroatoms. The molecule has 1 heterocycles. The number of aromatic nitrogens is 2. The molecule has 0 spiro atoms. The maximum atomic E-state index is 12.0. The Bertz CT molecular complexity index is 427. The summed E-state index contributed by atoms with van der Waals surface area (Å²) in [5, 5.41) is 2.96. The molecule has 16 heavy (non-hydrogen) atoms. The van der Waals surface area contributed by atoms with E-state index < -0.39 is 0 Å². The van der Waals surface area contributed by atoms with Crippen LogP contribution in [0.1, 0.15) is 11.7 Å². The Morgan fingerprint density at radius 1 is 1.56 bits per heavy atom. The third-order valence-corrected chi connectivity index (χ3v) is 2.05. The lowest BCUT2D eigenvalue weighted by molar-refractivity contribution is 0.0959. The Hall–Kier alpha value is -2.10. The third kappa shape index (κ3) is 2.95. The molecule has 0 saturated heterocycles. The van der Waals surface area contributed by atoms with Gasteiger partial charge in [0.05, 0.1) is 0 Å². The molecule has 1 aromatic rings. The number of hydrogen-bond acceptors (Lipinski definition) is 3. The van der Waals surface area contributed by atoms with E-state index >= 15 is 0 Å². The molecule has 0 saturated carbocycles. The number of carbonyl (C=O) groups is 1. The molecule has 1 N–H and O–H groups in total. The fraction of sp³-hybridized carbons (Fsp3) is 0.167. The zero-order chi connectivity index (χ0) is 12.0. The van der Waals surface area contributed by atoms with Crippen LogP contribution < -0.4 is 5.32 Å². The van der Waals surface area contributed by atoms with Gasteiger partial charge in [0.25, 0.3) is 5.91 Å². The molecule has 0 radical (unpaired) electrons. The van der Waals surface area contributed by atoms with Crippen molar-refractivity contribution in [1.82, 2.24) is 14.9 Å². The van der Waals surface area contributed by atoms with E-state index in [9.17, 15) is 4.79 Å². The van der Waals surface area contributed by atoms with E-state index in [1.54, 1.807) is 37.7 Å². The number of nitrogens with one attached hydrogen (secondary N) is 1. The smallest absolute Gasteiger partial charge is 0.263 e. The first-order valence-electron chi connectivity index (χ1n) is 4.90. The van der Waals surface area contributed by atoms with Crippen molar-refractivity contribution in [2.75, 3.05) is 7.05 Å². The van der Waals surface area contributed by atoms with E-state index in [2.05, 4.69) is 16.9 Å². The maximum Gasteiger partial charge on any atom is 0.263 e. The summed E-state index contributed by atoms with van der Waals surface area (Å²) in [7, 11) is 1.80. The minimum Gasteiger partial charge on any atom is -0.392 e. The second-order valence-corrected chi connectivity index (χ2v) is 3.21. The fourth-order valence-electron chi connectivity index (χ4n) is 1.14. The molecule has 1 rings (SSSR count). The van der Waals surface area contributed by atoms with Crippen molar-refractivity contribution in [2.45, 2.75) is 6.92 Å². The van der Waals surface area contributed by atoms with Crippen LogP contribution in [0.25, 0.3) is 0 Å². The standard InChI is InChI=1S/C12H15N3O/c1-4-5-11(8-10(2)13-3)12(16)15-7-6-14-9-15/h4-9,13H,1H2,2-3H3/b10-8+,11-5+. The first-order chi connectivity index (χ1) is 7.69. The van der Waals surface area contributed by atoms with E-state index in [4.69, 9.17) is 0 Å². The van der Waals surface area contributed by atoms with E-state index in [-0.39, 0.29) is 5.91 Å². The van der Waals surface area contributed by atoms with E-state index in [1.165, 1.54) is 10.9 Å². The van der Waals surface area contributed by atoms with Crippen molar-refractivity contribution >= 4 is 5.91 Å². The number of allylic oxidation sites excluding steroid dienone is 5. The van der Waals surface area contributed by atoms with Crippen LogP contribution in [0.5, 0.6) is 0 Å². The number of imidazole rings is 1. The zero-order valence-corrected chi connectivity index (χ0v) is 9.47. The lowest BCUT2D eigenvalue weighted by Crippen LogP contribution is -2.12. The van der Waals surface area contributed by atoms with Gasteiger partial charge in [0, 0.05) is 30.7 Å². The lowest BCUT2D eigenvalue weighted by Gasteiger charge is -2.04. The van der Waals surface area contributed by atoms with Crippen molar-refractivity contribution in [3.8, 4) is 0 Å². The van der Waals surface area contributed by atoms with Crippen molar-refractivity contribution in [1.29, 1.82) is 0 Å². The molecule has 1 aromatic heterocycles. The molecule has 0 unspecified atom stereocenters. The summed E-state index contributed by atoms with van der Waals surface area (Å²) < 4.78 is 1.43. The van der Waals surface area contributed by atoms with Crippen LogP contribution in [-0.2, 0) is 0 Å². The summed E-state index contributed by atoms with van der Waals surface area (Å²) in [6.07, 6.45) is 9.68. The normalized spacial score (nSPS) is 12.4. The summed E-state index contributed by atoms with van der Waals surface area (Å²) >= 11 is 0. The van der Waals surface area contributed by atoms with Gasteiger partial charge in [-0.2, -0.15) is 0 Å². The minimum absolute atomic E-state index is 0.132. The average Bonchev–Trinajstić information content (AvgIpc) is 2.80. The SMILES string of the molecule is C=C/C=C(\C=C(/C)NC)C(=O)n1ccnc1. The van der Waals surface area contributed by atoms with E-state index in [0.29, 0.717) is 5.57 Å². The summed E-state index contributed by atoms with van der Waals surface area (Å²) in [5.41, 5.74) is 1.46. The number of nitrogens with zero attached hydrogens (tertiary/aromatic N) is 2. The number of carbonyl (C=O) groups excluding carboxylic acids is 1. The highest BCUT2D eigenvalue weighted by Crippen LogP contribution is 2.05. The maximum absolute atomic E-state index is 12.0. The molecule has 0 aliphatic heterocycles. The van der Waals surface area contributed by atoms with E-state index in [1.807, 2.05) is 6.92 Å². The highest BCUT2D eigenvalue weighted by molar-refractivity contribution is 5.98. The van der Waals surface area contributed by atoms with Gasteiger partial charge in [-0.1, -0.05) is 12.7 Å². The summed E-state index contributed by atoms with van der Waals surface area (Å²) in [6.45, 7) is 5.48. The van der Waals surface area contributed by atoms with Gasteiger partial charge in [0.2, 0.25) is 0 Å². The predicted octanol–water partition coefficient (Wildman–Crippen LogP) is 1.76. The van der Waals surface area contributed by atoms with Gasteiger partial charge in [0.1, 0.15) is 6.33 Å². The second-order valence-electron chi connectivity index (χ2n) is 3.21. The van der Waals surface area contributed by atoms with Gasteiger partial charge in [-0.3, -0.25) is 9.36 Å². The topological polar surface area (TPSA) is 46.9 Å². The van der Waals surface area contributed by atoms with Crippen molar-refractivity contribution in [3.63, 3.8) is 0 Å². The molecule has 4 nitrogen and oxygen atoms in total. The highest BCUT2D eigenvalue weighted by Gasteiger charge is 2.08. The van der Waals surface area contributed by atoms with Gasteiger partial charge in [-0.15, -0.1) is 0 Å². The van der Waals surface area contributed by atoms with E-state index in [0.717, 1.165) is 5.70 Å². The van der Waals surface area contributed by atoms with Gasteiger partial charge in [-0.05, 0) is 19.1 Å². The molecular formula is C12H15N3O. The number of rotatable bonds is 4. The third-order valence-electron chi connectivity index (χ3n) is 2.05. The predicted molar refractivity (Wildman–Crippen MR) is 64.0 cm³/mol. The molecule has 84 valence electrons. The summed E-state index contributed by atoms with van der Waals surface area (Å²) in [6, 6.07) is 0. The van der Waals surface area contributed by atoms with Crippen molar-refractivity contribution in [3.05, 3.63) is 54.8 Å². The first kappa shape index (κ1) is 12.0. The number of hydrogen-bond donors (Lipinski definition) is 1. The monoisotopic (exact) mass is 217 g/mol. The lowest BCUT2D eigenvalue weighted by atomic mass is 10.2. The summed E-state index contributed by atoms with van der Waals surface area (Å²) in [5.74, 6) is -0.132.